The summed E-state index contributed by atoms with van der Waals surface area (Å²) in [6.45, 7) is 7.75. The van der Waals surface area contributed by atoms with Gasteiger partial charge in [-0.25, -0.2) is 4.79 Å². The zero-order valence-corrected chi connectivity index (χ0v) is 17.7. The Kier molecular flexibility index (Phi) is 4.93. The number of aliphatic carboxylic acids is 1. The van der Waals surface area contributed by atoms with Crippen molar-refractivity contribution in [2.45, 2.75) is 104 Å². The molecule has 6 unspecified atom stereocenters. The van der Waals surface area contributed by atoms with Gasteiger partial charge in [0, 0.05) is 0 Å². The van der Waals surface area contributed by atoms with Crippen LogP contribution in [0.25, 0.3) is 0 Å². The van der Waals surface area contributed by atoms with Crippen molar-refractivity contribution >= 4 is 5.97 Å². The predicted octanol–water partition coefficient (Wildman–Crippen LogP) is 5.65. The first-order valence-electron chi connectivity index (χ1n) is 11.6. The molecule has 0 amide bonds. The first-order valence-corrected chi connectivity index (χ1v) is 11.6. The first-order chi connectivity index (χ1) is 12.7. The Morgan fingerprint density at radius 3 is 2.44 bits per heavy atom. The first kappa shape index (κ1) is 19.7. The molecule has 8 atom stereocenters. The van der Waals surface area contributed by atoms with Gasteiger partial charge in [0.05, 0.1) is 0 Å². The molecule has 4 fully saturated rings. The van der Waals surface area contributed by atoms with Gasteiger partial charge in [0.2, 0.25) is 0 Å². The Balaban J connectivity index is 1.51. The minimum atomic E-state index is -1.18. The van der Waals surface area contributed by atoms with Gasteiger partial charge in [0.25, 0.3) is 0 Å². The van der Waals surface area contributed by atoms with Gasteiger partial charge >= 0.3 is 5.97 Å². The largest absolute Gasteiger partial charge is 0.479 e. The Bertz CT molecular complexity index is 588. The fourth-order valence-corrected chi connectivity index (χ4v) is 8.67. The highest BCUT2D eigenvalue weighted by molar-refractivity contribution is 5.71. The second kappa shape index (κ2) is 6.75. The molecule has 0 saturated heterocycles. The molecule has 4 aliphatic rings. The highest BCUT2D eigenvalue weighted by Crippen LogP contribution is 2.70. The molecule has 4 rings (SSSR count). The zero-order valence-electron chi connectivity index (χ0n) is 17.7. The van der Waals surface area contributed by atoms with E-state index in [0.717, 1.165) is 24.2 Å². The molecule has 0 heterocycles. The average Bonchev–Trinajstić information content (AvgIpc) is 2.96. The number of hydrogen-bond acceptors (Lipinski definition) is 2. The molecule has 154 valence electrons. The summed E-state index contributed by atoms with van der Waals surface area (Å²) in [5, 5.41) is 18.8. The fraction of sp³-hybridized carbons (Fsp3) is 0.958. The Hall–Kier alpha value is -0.570. The zero-order chi connectivity index (χ0) is 19.4. The number of rotatable bonds is 4. The molecule has 0 spiro atoms. The molecule has 4 saturated carbocycles. The fourth-order valence-electron chi connectivity index (χ4n) is 8.67. The standard InChI is InChI=1S/C24H40O3/c1-22-12-4-5-13-24(22,3)19-11-15-23(2)16(7-9-20(25)21(26)27)6-8-18(23)17(19)10-14-22/h16-20,25H,4-15H2,1-3H3,(H,26,27)/t16-,17?,18?,19?,20?,22?,23?,24-/m1/s1. The SMILES string of the molecule is CC12CCC3C(CCC4(C)CCCC[C@]34C)C1CC[C@@H]2CCC(O)C(=O)O. The Labute approximate surface area is 165 Å². The van der Waals surface area contributed by atoms with E-state index in [9.17, 15) is 9.90 Å². The third-order valence-corrected chi connectivity index (χ3v) is 10.6. The van der Waals surface area contributed by atoms with Gasteiger partial charge in [0.1, 0.15) is 0 Å². The minimum Gasteiger partial charge on any atom is -0.479 e. The lowest BCUT2D eigenvalue weighted by Crippen LogP contribution is -2.56. The number of fused-ring (bicyclic) bond motifs is 5. The maximum atomic E-state index is 11.0. The van der Waals surface area contributed by atoms with Crippen molar-refractivity contribution in [1.82, 2.24) is 0 Å². The molecule has 0 bridgehead atoms. The second-order valence-electron chi connectivity index (χ2n) is 11.4. The normalized spacial score (nSPS) is 50.4. The third-order valence-electron chi connectivity index (χ3n) is 10.6. The van der Waals surface area contributed by atoms with Crippen LogP contribution in [0, 0.1) is 39.9 Å². The highest BCUT2D eigenvalue weighted by Gasteiger charge is 2.62. The third kappa shape index (κ3) is 2.90. The van der Waals surface area contributed by atoms with E-state index >= 15 is 0 Å². The number of aliphatic hydroxyl groups excluding tert-OH is 1. The number of carbonyl (C=O) groups is 1. The molecule has 0 radical (unpaired) electrons. The van der Waals surface area contributed by atoms with Crippen molar-refractivity contribution in [1.29, 1.82) is 0 Å². The molecule has 0 aromatic heterocycles. The van der Waals surface area contributed by atoms with Crippen LogP contribution in [0.3, 0.4) is 0 Å². The van der Waals surface area contributed by atoms with E-state index in [2.05, 4.69) is 20.8 Å². The summed E-state index contributed by atoms with van der Waals surface area (Å²) in [6.07, 6.45) is 13.9. The van der Waals surface area contributed by atoms with Crippen LogP contribution in [-0.4, -0.2) is 22.3 Å². The lowest BCUT2D eigenvalue weighted by molar-refractivity contribution is -0.153. The van der Waals surface area contributed by atoms with Crippen molar-refractivity contribution in [2.24, 2.45) is 39.9 Å². The van der Waals surface area contributed by atoms with E-state index in [1.54, 1.807) is 0 Å². The predicted molar refractivity (Wildman–Crippen MR) is 107 cm³/mol. The molecular formula is C24H40O3. The van der Waals surface area contributed by atoms with Crippen molar-refractivity contribution in [3.05, 3.63) is 0 Å². The van der Waals surface area contributed by atoms with E-state index in [4.69, 9.17) is 5.11 Å². The lowest BCUT2D eigenvalue weighted by Gasteiger charge is -2.64. The van der Waals surface area contributed by atoms with Gasteiger partial charge in [-0.2, -0.15) is 0 Å². The van der Waals surface area contributed by atoms with Crippen LogP contribution in [0.1, 0.15) is 97.8 Å². The van der Waals surface area contributed by atoms with Gasteiger partial charge in [-0.1, -0.05) is 33.6 Å². The lowest BCUT2D eigenvalue weighted by atomic mass is 9.40. The van der Waals surface area contributed by atoms with E-state index in [0.29, 0.717) is 28.6 Å². The second-order valence-corrected chi connectivity index (χ2v) is 11.4. The van der Waals surface area contributed by atoms with Crippen LogP contribution >= 0.6 is 0 Å². The molecule has 0 aromatic rings. The molecule has 27 heavy (non-hydrogen) atoms. The van der Waals surface area contributed by atoms with Gasteiger partial charge in [-0.05, 0) is 104 Å². The van der Waals surface area contributed by atoms with Gasteiger partial charge in [0.15, 0.2) is 6.10 Å². The van der Waals surface area contributed by atoms with Crippen molar-refractivity contribution in [2.75, 3.05) is 0 Å². The van der Waals surface area contributed by atoms with E-state index in [1.165, 1.54) is 64.2 Å². The summed E-state index contributed by atoms with van der Waals surface area (Å²) in [4.78, 5) is 11.0. The van der Waals surface area contributed by atoms with Crippen molar-refractivity contribution in [3.63, 3.8) is 0 Å². The van der Waals surface area contributed by atoms with Crippen LogP contribution in [0.5, 0.6) is 0 Å². The summed E-state index contributed by atoms with van der Waals surface area (Å²) < 4.78 is 0. The molecular weight excluding hydrogens is 336 g/mol. The van der Waals surface area contributed by atoms with Crippen molar-refractivity contribution in [3.8, 4) is 0 Å². The number of hydrogen-bond donors (Lipinski definition) is 2. The van der Waals surface area contributed by atoms with E-state index in [-0.39, 0.29) is 0 Å². The van der Waals surface area contributed by atoms with Crippen molar-refractivity contribution < 1.29 is 15.0 Å². The number of carboxylic acids is 1. The molecule has 3 heteroatoms. The molecule has 0 aliphatic heterocycles. The van der Waals surface area contributed by atoms with E-state index in [1.807, 2.05) is 0 Å². The minimum absolute atomic E-state index is 0.373. The summed E-state index contributed by atoms with van der Waals surface area (Å²) in [5.74, 6) is 2.15. The molecule has 4 aliphatic carbocycles. The van der Waals surface area contributed by atoms with Crippen LogP contribution in [-0.2, 0) is 4.79 Å². The van der Waals surface area contributed by atoms with Gasteiger partial charge in [-0.3, -0.25) is 0 Å². The average molecular weight is 377 g/mol. The van der Waals surface area contributed by atoms with Crippen LogP contribution in [0.4, 0.5) is 0 Å². The number of carboxylic acid groups (broad SMARTS) is 1. The van der Waals surface area contributed by atoms with Crippen LogP contribution in [0.2, 0.25) is 0 Å². The highest BCUT2D eigenvalue weighted by atomic mass is 16.4. The topological polar surface area (TPSA) is 57.5 Å². The summed E-state index contributed by atoms with van der Waals surface area (Å²) in [5.41, 5.74) is 1.47. The van der Waals surface area contributed by atoms with Gasteiger partial charge in [-0.15, -0.1) is 0 Å². The Morgan fingerprint density at radius 1 is 0.963 bits per heavy atom. The maximum Gasteiger partial charge on any atom is 0.332 e. The van der Waals surface area contributed by atoms with Crippen LogP contribution in [0.15, 0.2) is 0 Å². The Morgan fingerprint density at radius 2 is 1.70 bits per heavy atom. The monoisotopic (exact) mass is 376 g/mol. The van der Waals surface area contributed by atoms with Gasteiger partial charge < -0.3 is 10.2 Å². The van der Waals surface area contributed by atoms with Crippen LogP contribution < -0.4 is 0 Å². The number of aliphatic hydroxyl groups is 1. The molecule has 0 aromatic carbocycles. The summed E-state index contributed by atoms with van der Waals surface area (Å²) >= 11 is 0. The molecule has 2 N–H and O–H groups in total. The maximum absolute atomic E-state index is 11.0. The summed E-state index contributed by atoms with van der Waals surface area (Å²) in [7, 11) is 0. The van der Waals surface area contributed by atoms with E-state index < -0.39 is 12.1 Å². The molecule has 3 nitrogen and oxygen atoms in total. The smallest absolute Gasteiger partial charge is 0.332 e. The summed E-state index contributed by atoms with van der Waals surface area (Å²) in [6, 6.07) is 0. The quantitative estimate of drug-likeness (QED) is 0.666.